The van der Waals surface area contributed by atoms with Gasteiger partial charge in [-0.25, -0.2) is 18.4 Å². The first-order chi connectivity index (χ1) is 14.9. The number of ether oxygens (including phenoxy) is 1. The van der Waals surface area contributed by atoms with E-state index in [9.17, 15) is 13.2 Å². The van der Waals surface area contributed by atoms with Crippen LogP contribution < -0.4 is 10.1 Å². The molecule has 0 bridgehead atoms. The van der Waals surface area contributed by atoms with Crippen LogP contribution in [0.1, 0.15) is 25.0 Å². The number of piperidine rings is 1. The number of carbonyl (C=O) groups excluding carboxylic acids is 1. The number of amides is 1. The van der Waals surface area contributed by atoms with Gasteiger partial charge in [0.2, 0.25) is 15.9 Å². The molecule has 3 aromatic rings. The Labute approximate surface area is 181 Å². The van der Waals surface area contributed by atoms with E-state index in [1.807, 2.05) is 24.3 Å². The highest BCUT2D eigenvalue weighted by Crippen LogP contribution is 2.23. The monoisotopic (exact) mass is 440 g/mol. The van der Waals surface area contributed by atoms with Crippen LogP contribution in [0.15, 0.2) is 53.4 Å². The summed E-state index contributed by atoms with van der Waals surface area (Å²) in [5.74, 6) is -0.128. The van der Waals surface area contributed by atoms with Gasteiger partial charge in [-0.3, -0.25) is 4.79 Å². The van der Waals surface area contributed by atoms with Gasteiger partial charge in [0.05, 0.1) is 15.9 Å². The minimum atomic E-state index is -3.57. The van der Waals surface area contributed by atoms with Crippen molar-refractivity contribution in [2.45, 2.75) is 31.1 Å². The van der Waals surface area contributed by atoms with E-state index in [4.69, 9.17) is 4.74 Å². The van der Waals surface area contributed by atoms with Crippen LogP contribution in [0.25, 0.3) is 11.0 Å². The number of para-hydroxylation sites is 2. The number of hydrogen-bond donors (Lipinski definition) is 1. The summed E-state index contributed by atoms with van der Waals surface area (Å²) in [5, 5.41) is 2.69. The highest BCUT2D eigenvalue weighted by atomic mass is 32.2. The zero-order valence-electron chi connectivity index (χ0n) is 17.2. The van der Waals surface area contributed by atoms with Crippen molar-refractivity contribution >= 4 is 32.7 Å². The van der Waals surface area contributed by atoms with Crippen molar-refractivity contribution in [3.05, 3.63) is 54.2 Å². The lowest BCUT2D eigenvalue weighted by Gasteiger charge is -2.26. The summed E-state index contributed by atoms with van der Waals surface area (Å²) in [6.45, 7) is 2.55. The van der Waals surface area contributed by atoms with E-state index >= 15 is 0 Å². The first-order valence-corrected chi connectivity index (χ1v) is 11.6. The normalized spacial score (nSPS) is 15.0. The topological polar surface area (TPSA) is 101 Å². The van der Waals surface area contributed by atoms with Gasteiger partial charge in [0.25, 0.3) is 5.91 Å². The molecule has 8 nitrogen and oxygen atoms in total. The first-order valence-electron chi connectivity index (χ1n) is 10.2. The van der Waals surface area contributed by atoms with Gasteiger partial charge in [-0.15, -0.1) is 0 Å². The summed E-state index contributed by atoms with van der Waals surface area (Å²) in [7, 11) is -3.57. The molecule has 1 aliphatic heterocycles. The Kier molecular flexibility index (Phi) is 6.15. The van der Waals surface area contributed by atoms with Crippen LogP contribution in [-0.4, -0.2) is 48.3 Å². The van der Waals surface area contributed by atoms with Crippen molar-refractivity contribution in [1.82, 2.24) is 14.3 Å². The van der Waals surface area contributed by atoms with E-state index in [0.29, 0.717) is 30.0 Å². The molecule has 0 atom stereocenters. The third-order valence-electron chi connectivity index (χ3n) is 5.11. The van der Waals surface area contributed by atoms with Gasteiger partial charge in [-0.2, -0.15) is 4.31 Å². The van der Waals surface area contributed by atoms with Crippen LogP contribution in [-0.2, 0) is 14.8 Å². The highest BCUT2D eigenvalue weighted by molar-refractivity contribution is 7.89. The maximum Gasteiger partial charge on any atom is 0.262 e. The van der Waals surface area contributed by atoms with Gasteiger partial charge in [0.15, 0.2) is 6.61 Å². The molecule has 0 aliphatic carbocycles. The Bertz CT molecular complexity index is 1210. The number of benzene rings is 2. The van der Waals surface area contributed by atoms with Crippen LogP contribution in [0.3, 0.4) is 0 Å². The van der Waals surface area contributed by atoms with Crippen molar-refractivity contribution in [2.75, 3.05) is 25.0 Å². The average Bonchev–Trinajstić information content (AvgIpc) is 2.78. The summed E-state index contributed by atoms with van der Waals surface area (Å²) in [6.07, 6.45) is 2.78. The molecule has 1 amide bonds. The Morgan fingerprint density at radius 3 is 2.48 bits per heavy atom. The molecule has 0 radical (unpaired) electrons. The number of sulfonamides is 1. The van der Waals surface area contributed by atoms with Gasteiger partial charge >= 0.3 is 0 Å². The van der Waals surface area contributed by atoms with Crippen molar-refractivity contribution < 1.29 is 17.9 Å². The third kappa shape index (κ3) is 4.83. The maximum absolute atomic E-state index is 12.9. The van der Waals surface area contributed by atoms with Gasteiger partial charge in [0.1, 0.15) is 5.69 Å². The lowest BCUT2D eigenvalue weighted by molar-refractivity contribution is -0.118. The molecular formula is C22H24N4O4S. The van der Waals surface area contributed by atoms with Gasteiger partial charge in [-0.1, -0.05) is 24.6 Å². The fourth-order valence-corrected chi connectivity index (χ4v) is 5.09. The number of hydrogen-bond acceptors (Lipinski definition) is 6. The number of rotatable bonds is 6. The molecule has 0 saturated carbocycles. The SMILES string of the molecule is Cc1nc2ccccc2nc1OCC(=O)Nc1cccc(S(=O)(=O)N2CCCCC2)c1. The Morgan fingerprint density at radius 2 is 1.74 bits per heavy atom. The average molecular weight is 441 g/mol. The molecule has 162 valence electrons. The largest absolute Gasteiger partial charge is 0.466 e. The fraction of sp³-hybridized carbons (Fsp3) is 0.318. The molecule has 1 aromatic heterocycles. The van der Waals surface area contributed by atoms with E-state index in [1.165, 1.54) is 10.4 Å². The molecule has 4 rings (SSSR count). The van der Waals surface area contributed by atoms with Crippen molar-refractivity contribution in [3.8, 4) is 5.88 Å². The van der Waals surface area contributed by atoms with Gasteiger partial charge in [0, 0.05) is 18.8 Å². The zero-order valence-corrected chi connectivity index (χ0v) is 18.1. The second-order valence-electron chi connectivity index (χ2n) is 7.43. The number of carbonyl (C=O) groups is 1. The fourth-order valence-electron chi connectivity index (χ4n) is 3.53. The lowest BCUT2D eigenvalue weighted by atomic mass is 10.2. The van der Waals surface area contributed by atoms with E-state index in [2.05, 4.69) is 15.3 Å². The van der Waals surface area contributed by atoms with Crippen molar-refractivity contribution in [1.29, 1.82) is 0 Å². The minimum Gasteiger partial charge on any atom is -0.466 e. The van der Waals surface area contributed by atoms with E-state index < -0.39 is 15.9 Å². The van der Waals surface area contributed by atoms with Crippen LogP contribution in [0, 0.1) is 6.92 Å². The molecule has 9 heteroatoms. The molecule has 2 aromatic carbocycles. The molecule has 0 spiro atoms. The van der Waals surface area contributed by atoms with Crippen LogP contribution in [0.5, 0.6) is 5.88 Å². The quantitative estimate of drug-likeness (QED) is 0.632. The second-order valence-corrected chi connectivity index (χ2v) is 9.37. The molecule has 0 unspecified atom stereocenters. The molecule has 1 fully saturated rings. The van der Waals surface area contributed by atoms with Crippen LogP contribution >= 0.6 is 0 Å². The Balaban J connectivity index is 1.42. The number of nitrogens with one attached hydrogen (secondary N) is 1. The van der Waals surface area contributed by atoms with Crippen molar-refractivity contribution in [3.63, 3.8) is 0 Å². The number of anilines is 1. The Hall–Kier alpha value is -3.04. The van der Waals surface area contributed by atoms with E-state index in [1.54, 1.807) is 25.1 Å². The predicted octanol–water partition coefficient (Wildman–Crippen LogP) is 3.13. The molecule has 1 saturated heterocycles. The number of aryl methyl sites for hydroxylation is 1. The highest BCUT2D eigenvalue weighted by Gasteiger charge is 2.26. The van der Waals surface area contributed by atoms with E-state index in [-0.39, 0.29) is 17.4 Å². The van der Waals surface area contributed by atoms with Crippen molar-refractivity contribution in [2.24, 2.45) is 0 Å². The molecule has 1 N–H and O–H groups in total. The molecular weight excluding hydrogens is 416 g/mol. The number of fused-ring (bicyclic) bond motifs is 1. The predicted molar refractivity (Wildman–Crippen MR) is 117 cm³/mol. The maximum atomic E-state index is 12.9. The summed E-state index contributed by atoms with van der Waals surface area (Å²) in [5.41, 5.74) is 2.41. The first kappa shape index (κ1) is 21.2. The number of aromatic nitrogens is 2. The van der Waals surface area contributed by atoms with Gasteiger partial charge in [-0.05, 0) is 50.1 Å². The van der Waals surface area contributed by atoms with Crippen LogP contribution in [0.2, 0.25) is 0 Å². The van der Waals surface area contributed by atoms with E-state index in [0.717, 1.165) is 24.8 Å². The molecule has 31 heavy (non-hydrogen) atoms. The zero-order chi connectivity index (χ0) is 21.8. The molecule has 2 heterocycles. The van der Waals surface area contributed by atoms with Gasteiger partial charge < -0.3 is 10.1 Å². The summed E-state index contributed by atoms with van der Waals surface area (Å²) >= 11 is 0. The molecule has 1 aliphatic rings. The second kappa shape index (κ2) is 8.99. The summed E-state index contributed by atoms with van der Waals surface area (Å²) < 4.78 is 32.8. The third-order valence-corrected chi connectivity index (χ3v) is 7.01. The minimum absolute atomic E-state index is 0.171. The van der Waals surface area contributed by atoms with Crippen LogP contribution in [0.4, 0.5) is 5.69 Å². The Morgan fingerprint density at radius 1 is 1.03 bits per heavy atom. The number of nitrogens with zero attached hydrogens (tertiary/aromatic N) is 3. The smallest absolute Gasteiger partial charge is 0.262 e. The summed E-state index contributed by atoms with van der Waals surface area (Å²) in [4.78, 5) is 21.4. The standard InChI is InChI=1S/C22H24N4O4S/c1-16-22(25-20-11-4-3-10-19(20)23-16)30-15-21(27)24-17-8-7-9-18(14-17)31(28,29)26-12-5-2-6-13-26/h3-4,7-11,14H,2,5-6,12-13,15H2,1H3,(H,24,27). The summed E-state index contributed by atoms with van der Waals surface area (Å²) in [6, 6.07) is 13.7. The lowest BCUT2D eigenvalue weighted by Crippen LogP contribution is -2.35.